The SMILES string of the molecule is COCCOc1ccc(NC(=O)NC(C)c2cc3ccccc3o2)cc1. The molecule has 0 bridgehead atoms. The van der Waals surface area contributed by atoms with E-state index in [1.54, 1.807) is 31.4 Å². The number of rotatable bonds is 7. The summed E-state index contributed by atoms with van der Waals surface area (Å²) >= 11 is 0. The molecule has 0 aliphatic rings. The van der Waals surface area contributed by atoms with Crippen LogP contribution in [0.25, 0.3) is 11.0 Å². The number of amides is 2. The van der Waals surface area contributed by atoms with Gasteiger partial charge in [-0.2, -0.15) is 0 Å². The zero-order chi connectivity index (χ0) is 18.4. The van der Waals surface area contributed by atoms with Crippen molar-refractivity contribution in [1.82, 2.24) is 5.32 Å². The van der Waals surface area contributed by atoms with Crippen LogP contribution >= 0.6 is 0 Å². The van der Waals surface area contributed by atoms with Gasteiger partial charge in [0.05, 0.1) is 12.6 Å². The van der Waals surface area contributed by atoms with Gasteiger partial charge in [-0.05, 0) is 43.3 Å². The van der Waals surface area contributed by atoms with Gasteiger partial charge in [-0.15, -0.1) is 0 Å². The third-order valence-corrected chi connectivity index (χ3v) is 3.89. The molecular formula is C20H22N2O4. The Morgan fingerprint density at radius 2 is 1.88 bits per heavy atom. The molecular weight excluding hydrogens is 332 g/mol. The van der Waals surface area contributed by atoms with Crippen LogP contribution in [-0.4, -0.2) is 26.4 Å². The van der Waals surface area contributed by atoms with Crippen LogP contribution in [0.4, 0.5) is 10.5 Å². The van der Waals surface area contributed by atoms with E-state index in [0.717, 1.165) is 16.7 Å². The second kappa shape index (κ2) is 8.40. The lowest BCUT2D eigenvalue weighted by Crippen LogP contribution is -2.30. The van der Waals surface area contributed by atoms with Crippen molar-refractivity contribution in [2.24, 2.45) is 0 Å². The summed E-state index contributed by atoms with van der Waals surface area (Å²) in [5.41, 5.74) is 1.49. The number of para-hydroxylation sites is 1. The highest BCUT2D eigenvalue weighted by Gasteiger charge is 2.14. The maximum atomic E-state index is 12.2. The van der Waals surface area contributed by atoms with Gasteiger partial charge in [-0.25, -0.2) is 4.79 Å². The Morgan fingerprint density at radius 3 is 2.62 bits per heavy atom. The van der Waals surface area contributed by atoms with Crippen LogP contribution in [0.15, 0.2) is 59.0 Å². The van der Waals surface area contributed by atoms with Crippen LogP contribution in [-0.2, 0) is 4.74 Å². The Hall–Kier alpha value is -2.99. The van der Waals surface area contributed by atoms with Gasteiger partial charge in [-0.3, -0.25) is 0 Å². The van der Waals surface area contributed by atoms with Crippen molar-refractivity contribution in [1.29, 1.82) is 0 Å². The van der Waals surface area contributed by atoms with Gasteiger partial charge in [0.1, 0.15) is 23.7 Å². The number of ether oxygens (including phenoxy) is 2. The fourth-order valence-electron chi connectivity index (χ4n) is 2.53. The van der Waals surface area contributed by atoms with E-state index in [9.17, 15) is 4.79 Å². The van der Waals surface area contributed by atoms with E-state index in [1.165, 1.54) is 0 Å². The van der Waals surface area contributed by atoms with Crippen LogP contribution in [0.3, 0.4) is 0 Å². The first-order chi connectivity index (χ1) is 12.7. The molecule has 0 fully saturated rings. The summed E-state index contributed by atoms with van der Waals surface area (Å²) in [5.74, 6) is 1.44. The van der Waals surface area contributed by atoms with E-state index in [0.29, 0.717) is 24.7 Å². The zero-order valence-corrected chi connectivity index (χ0v) is 14.8. The monoisotopic (exact) mass is 354 g/mol. The molecule has 0 saturated carbocycles. The lowest BCUT2D eigenvalue weighted by atomic mass is 10.2. The molecule has 2 aromatic carbocycles. The van der Waals surface area contributed by atoms with Crippen molar-refractivity contribution in [3.05, 3.63) is 60.4 Å². The molecule has 2 N–H and O–H groups in total. The lowest BCUT2D eigenvalue weighted by molar-refractivity contribution is 0.146. The summed E-state index contributed by atoms with van der Waals surface area (Å²) in [6, 6.07) is 16.3. The van der Waals surface area contributed by atoms with Gasteiger partial charge in [0.2, 0.25) is 0 Å². The lowest BCUT2D eigenvalue weighted by Gasteiger charge is -2.13. The number of fused-ring (bicyclic) bond motifs is 1. The van der Waals surface area contributed by atoms with Gasteiger partial charge in [0, 0.05) is 18.2 Å². The quantitative estimate of drug-likeness (QED) is 0.619. The molecule has 1 aromatic heterocycles. The minimum Gasteiger partial charge on any atom is -0.491 e. The van der Waals surface area contributed by atoms with Crippen LogP contribution in [0.1, 0.15) is 18.7 Å². The highest BCUT2D eigenvalue weighted by Crippen LogP contribution is 2.23. The van der Waals surface area contributed by atoms with E-state index in [-0.39, 0.29) is 12.1 Å². The number of hydrogen-bond acceptors (Lipinski definition) is 4. The molecule has 0 spiro atoms. The molecule has 0 aliphatic carbocycles. The van der Waals surface area contributed by atoms with E-state index in [2.05, 4.69) is 10.6 Å². The van der Waals surface area contributed by atoms with Gasteiger partial charge in [0.25, 0.3) is 0 Å². The first-order valence-electron chi connectivity index (χ1n) is 8.43. The summed E-state index contributed by atoms with van der Waals surface area (Å²) in [6.45, 7) is 2.89. The molecule has 0 saturated heterocycles. The number of urea groups is 1. The molecule has 3 aromatic rings. The Bertz CT molecular complexity index is 825. The van der Waals surface area contributed by atoms with E-state index < -0.39 is 0 Å². The number of carbonyl (C=O) groups is 1. The first-order valence-corrected chi connectivity index (χ1v) is 8.43. The second-order valence-corrected chi connectivity index (χ2v) is 5.87. The normalized spacial score (nSPS) is 11.9. The summed E-state index contributed by atoms with van der Waals surface area (Å²) in [6.07, 6.45) is 0. The maximum Gasteiger partial charge on any atom is 0.319 e. The fraction of sp³-hybridized carbons (Fsp3) is 0.250. The molecule has 6 heteroatoms. The van der Waals surface area contributed by atoms with E-state index in [4.69, 9.17) is 13.9 Å². The minimum absolute atomic E-state index is 0.251. The number of methoxy groups -OCH3 is 1. The molecule has 136 valence electrons. The topological polar surface area (TPSA) is 72.7 Å². The smallest absolute Gasteiger partial charge is 0.319 e. The van der Waals surface area contributed by atoms with Crippen molar-refractivity contribution in [3.8, 4) is 5.75 Å². The van der Waals surface area contributed by atoms with Crippen molar-refractivity contribution in [2.75, 3.05) is 25.6 Å². The molecule has 26 heavy (non-hydrogen) atoms. The third-order valence-electron chi connectivity index (χ3n) is 3.89. The van der Waals surface area contributed by atoms with Crippen LogP contribution in [0, 0.1) is 0 Å². The number of carbonyl (C=O) groups excluding carboxylic acids is 1. The van der Waals surface area contributed by atoms with Gasteiger partial charge < -0.3 is 24.5 Å². The molecule has 6 nitrogen and oxygen atoms in total. The largest absolute Gasteiger partial charge is 0.491 e. The summed E-state index contributed by atoms with van der Waals surface area (Å²) in [4.78, 5) is 12.2. The number of nitrogens with one attached hydrogen (secondary N) is 2. The zero-order valence-electron chi connectivity index (χ0n) is 14.8. The molecule has 2 amide bonds. The Kier molecular flexibility index (Phi) is 5.76. The third kappa shape index (κ3) is 4.55. The number of hydrogen-bond donors (Lipinski definition) is 2. The van der Waals surface area contributed by atoms with E-state index >= 15 is 0 Å². The van der Waals surface area contributed by atoms with Gasteiger partial charge in [-0.1, -0.05) is 18.2 Å². The predicted octanol–water partition coefficient (Wildman–Crippen LogP) is 4.34. The van der Waals surface area contributed by atoms with Crippen LogP contribution in [0.2, 0.25) is 0 Å². The second-order valence-electron chi connectivity index (χ2n) is 5.87. The first kappa shape index (κ1) is 17.8. The van der Waals surface area contributed by atoms with Gasteiger partial charge >= 0.3 is 6.03 Å². The average Bonchev–Trinajstić information content (AvgIpc) is 3.08. The Balaban J connectivity index is 1.54. The average molecular weight is 354 g/mol. The summed E-state index contributed by atoms with van der Waals surface area (Å²) < 4.78 is 16.2. The Morgan fingerprint density at radius 1 is 1.12 bits per heavy atom. The van der Waals surface area contributed by atoms with Crippen molar-refractivity contribution < 1.29 is 18.7 Å². The standard InChI is InChI=1S/C20H22N2O4/c1-14(19-13-15-5-3-4-6-18(15)26-19)21-20(23)22-16-7-9-17(10-8-16)25-12-11-24-2/h3-10,13-14H,11-12H2,1-2H3,(H2,21,22,23). The molecule has 0 aliphatic heterocycles. The highest BCUT2D eigenvalue weighted by molar-refractivity contribution is 5.89. The molecule has 0 radical (unpaired) electrons. The minimum atomic E-state index is -0.300. The summed E-state index contributed by atoms with van der Waals surface area (Å²) in [5, 5.41) is 6.68. The van der Waals surface area contributed by atoms with E-state index in [1.807, 2.05) is 37.3 Å². The summed E-state index contributed by atoms with van der Waals surface area (Å²) in [7, 11) is 1.63. The fourth-order valence-corrected chi connectivity index (χ4v) is 2.53. The number of anilines is 1. The molecule has 1 heterocycles. The van der Waals surface area contributed by atoms with Crippen molar-refractivity contribution in [2.45, 2.75) is 13.0 Å². The Labute approximate surface area is 152 Å². The highest BCUT2D eigenvalue weighted by atomic mass is 16.5. The van der Waals surface area contributed by atoms with Gasteiger partial charge in [0.15, 0.2) is 0 Å². The molecule has 1 unspecified atom stereocenters. The predicted molar refractivity (Wildman–Crippen MR) is 101 cm³/mol. The number of benzene rings is 2. The van der Waals surface area contributed by atoms with Crippen LogP contribution in [0.5, 0.6) is 5.75 Å². The van der Waals surface area contributed by atoms with Crippen molar-refractivity contribution >= 4 is 22.7 Å². The maximum absolute atomic E-state index is 12.2. The molecule has 1 atom stereocenters. The molecule has 3 rings (SSSR count). The van der Waals surface area contributed by atoms with Crippen molar-refractivity contribution in [3.63, 3.8) is 0 Å². The number of furan rings is 1. The van der Waals surface area contributed by atoms with Crippen LogP contribution < -0.4 is 15.4 Å².